The third-order valence-electron chi connectivity index (χ3n) is 4.13. The van der Waals surface area contributed by atoms with Crippen LogP contribution in [0.3, 0.4) is 0 Å². The predicted octanol–water partition coefficient (Wildman–Crippen LogP) is 4.89. The number of benzene rings is 3. The standard InChI is InChI=1S/C24H18O4/c25-21-7-3-1-5-19(21)23(27)15-13-17-9-11-18(12-10-17)14-16-24(28)20-6-2-4-8-22(20)26/h1-16,25-26H/b15-13-,16-14?. The highest BCUT2D eigenvalue weighted by molar-refractivity contribution is 6.09. The van der Waals surface area contributed by atoms with Gasteiger partial charge in [0.25, 0.3) is 0 Å². The molecule has 0 saturated heterocycles. The van der Waals surface area contributed by atoms with Gasteiger partial charge >= 0.3 is 0 Å². The van der Waals surface area contributed by atoms with Crippen LogP contribution < -0.4 is 0 Å². The van der Waals surface area contributed by atoms with E-state index in [4.69, 9.17) is 0 Å². The SMILES string of the molecule is O=C(C=Cc1ccc(/C=C\C(=O)c2ccccc2O)cc1)c1ccccc1O. The Morgan fingerprint density at radius 2 is 0.929 bits per heavy atom. The molecule has 138 valence electrons. The molecule has 0 atom stereocenters. The van der Waals surface area contributed by atoms with Crippen molar-refractivity contribution >= 4 is 23.7 Å². The number of phenols is 2. The quantitative estimate of drug-likeness (QED) is 0.478. The second-order valence-electron chi connectivity index (χ2n) is 6.10. The van der Waals surface area contributed by atoms with Gasteiger partial charge in [-0.3, -0.25) is 9.59 Å². The smallest absolute Gasteiger partial charge is 0.189 e. The Kier molecular flexibility index (Phi) is 5.82. The minimum absolute atomic E-state index is 0.0493. The fraction of sp³-hybridized carbons (Fsp3) is 0. The molecule has 0 aliphatic heterocycles. The van der Waals surface area contributed by atoms with Crippen molar-refractivity contribution in [2.24, 2.45) is 0 Å². The molecule has 0 saturated carbocycles. The molecule has 0 radical (unpaired) electrons. The molecule has 3 aromatic carbocycles. The second-order valence-corrected chi connectivity index (χ2v) is 6.10. The molecule has 0 spiro atoms. The van der Waals surface area contributed by atoms with Gasteiger partial charge in [0, 0.05) is 0 Å². The first-order valence-electron chi connectivity index (χ1n) is 8.65. The van der Waals surface area contributed by atoms with Crippen LogP contribution in [0.1, 0.15) is 31.8 Å². The lowest BCUT2D eigenvalue weighted by Crippen LogP contribution is -1.94. The number of rotatable bonds is 6. The molecule has 0 aromatic heterocycles. The number of hydrogen-bond donors (Lipinski definition) is 2. The Hall–Kier alpha value is -3.92. The first-order chi connectivity index (χ1) is 13.5. The summed E-state index contributed by atoms with van der Waals surface area (Å²) in [5, 5.41) is 19.4. The molecule has 2 N–H and O–H groups in total. The van der Waals surface area contributed by atoms with Crippen LogP contribution in [-0.2, 0) is 0 Å². The third kappa shape index (κ3) is 4.62. The van der Waals surface area contributed by atoms with E-state index in [1.807, 2.05) is 24.3 Å². The Bertz CT molecular complexity index is 973. The van der Waals surface area contributed by atoms with Crippen LogP contribution in [0, 0.1) is 0 Å². The van der Waals surface area contributed by atoms with E-state index in [1.54, 1.807) is 48.6 Å². The molecular formula is C24H18O4. The number of carbonyl (C=O) groups excluding carboxylic acids is 2. The Morgan fingerprint density at radius 3 is 1.29 bits per heavy atom. The van der Waals surface area contributed by atoms with E-state index in [0.717, 1.165) is 11.1 Å². The van der Waals surface area contributed by atoms with Gasteiger partial charge in [-0.05, 0) is 47.5 Å². The van der Waals surface area contributed by atoms with Gasteiger partial charge in [0.15, 0.2) is 11.6 Å². The van der Waals surface area contributed by atoms with Gasteiger partial charge in [0.05, 0.1) is 11.1 Å². The Labute approximate surface area is 162 Å². The van der Waals surface area contributed by atoms with Crippen molar-refractivity contribution in [3.8, 4) is 11.5 Å². The van der Waals surface area contributed by atoms with Crippen LogP contribution in [0.5, 0.6) is 11.5 Å². The number of carbonyl (C=O) groups is 2. The first kappa shape index (κ1) is 18.9. The molecule has 4 nitrogen and oxygen atoms in total. The fourth-order valence-corrected chi connectivity index (χ4v) is 2.61. The number of aromatic hydroxyl groups is 2. The lowest BCUT2D eigenvalue weighted by Gasteiger charge is -2.00. The normalized spacial score (nSPS) is 11.1. The molecule has 3 rings (SSSR count). The summed E-state index contributed by atoms with van der Waals surface area (Å²) in [6.45, 7) is 0. The Balaban J connectivity index is 1.67. The summed E-state index contributed by atoms with van der Waals surface area (Å²) in [6.07, 6.45) is 6.13. The maximum absolute atomic E-state index is 12.1. The predicted molar refractivity (Wildman–Crippen MR) is 109 cm³/mol. The zero-order valence-electron chi connectivity index (χ0n) is 14.9. The minimum atomic E-state index is -0.282. The van der Waals surface area contributed by atoms with Crippen molar-refractivity contribution in [1.82, 2.24) is 0 Å². The average molecular weight is 370 g/mol. The third-order valence-corrected chi connectivity index (χ3v) is 4.13. The van der Waals surface area contributed by atoms with Crippen molar-refractivity contribution in [3.63, 3.8) is 0 Å². The first-order valence-corrected chi connectivity index (χ1v) is 8.65. The zero-order chi connectivity index (χ0) is 19.9. The van der Waals surface area contributed by atoms with Gasteiger partial charge in [-0.15, -0.1) is 0 Å². The van der Waals surface area contributed by atoms with E-state index in [-0.39, 0.29) is 34.2 Å². The summed E-state index contributed by atoms with van der Waals surface area (Å²) in [5.74, 6) is -0.663. The van der Waals surface area contributed by atoms with Crippen molar-refractivity contribution < 1.29 is 19.8 Å². The van der Waals surface area contributed by atoms with Crippen molar-refractivity contribution in [2.75, 3.05) is 0 Å². The van der Waals surface area contributed by atoms with Crippen LogP contribution in [0.15, 0.2) is 84.9 Å². The molecule has 28 heavy (non-hydrogen) atoms. The average Bonchev–Trinajstić information content (AvgIpc) is 2.71. The van der Waals surface area contributed by atoms with Gasteiger partial charge in [0.1, 0.15) is 11.5 Å². The molecular weight excluding hydrogens is 352 g/mol. The number of para-hydroxylation sites is 2. The molecule has 0 heterocycles. The highest BCUT2D eigenvalue weighted by Crippen LogP contribution is 2.18. The summed E-state index contributed by atoms with van der Waals surface area (Å²) < 4.78 is 0. The maximum Gasteiger partial charge on any atom is 0.189 e. The second kappa shape index (κ2) is 8.64. The molecule has 4 heteroatoms. The Morgan fingerprint density at radius 1 is 0.571 bits per heavy atom. The summed E-state index contributed by atoms with van der Waals surface area (Å²) in [4.78, 5) is 24.3. The monoisotopic (exact) mass is 370 g/mol. The summed E-state index contributed by atoms with van der Waals surface area (Å²) >= 11 is 0. The number of hydrogen-bond acceptors (Lipinski definition) is 4. The van der Waals surface area contributed by atoms with Crippen molar-refractivity contribution in [1.29, 1.82) is 0 Å². The highest BCUT2D eigenvalue weighted by atomic mass is 16.3. The van der Waals surface area contributed by atoms with Crippen molar-refractivity contribution in [3.05, 3.63) is 107 Å². The lowest BCUT2D eigenvalue weighted by molar-refractivity contribution is 0.103. The van der Waals surface area contributed by atoms with Crippen molar-refractivity contribution in [2.45, 2.75) is 0 Å². The van der Waals surface area contributed by atoms with E-state index in [2.05, 4.69) is 0 Å². The zero-order valence-corrected chi connectivity index (χ0v) is 14.9. The van der Waals surface area contributed by atoms with Crippen LogP contribution >= 0.6 is 0 Å². The van der Waals surface area contributed by atoms with Crippen LogP contribution in [0.2, 0.25) is 0 Å². The number of allylic oxidation sites excluding steroid dienone is 2. The molecule has 0 amide bonds. The van der Waals surface area contributed by atoms with E-state index in [0.29, 0.717) is 0 Å². The van der Waals surface area contributed by atoms with Gasteiger partial charge in [0.2, 0.25) is 0 Å². The van der Waals surface area contributed by atoms with Gasteiger partial charge in [-0.1, -0.05) is 60.7 Å². The van der Waals surface area contributed by atoms with Gasteiger partial charge in [-0.2, -0.15) is 0 Å². The van der Waals surface area contributed by atoms with Gasteiger partial charge in [-0.25, -0.2) is 0 Å². The molecule has 0 fully saturated rings. The number of ketones is 2. The number of phenolic OH excluding ortho intramolecular Hbond substituents is 2. The molecule has 0 unspecified atom stereocenters. The summed E-state index contributed by atoms with van der Waals surface area (Å²) in [6, 6.07) is 20.1. The van der Waals surface area contributed by atoms with Crippen LogP contribution in [-0.4, -0.2) is 21.8 Å². The fourth-order valence-electron chi connectivity index (χ4n) is 2.61. The maximum atomic E-state index is 12.1. The topological polar surface area (TPSA) is 74.6 Å². The highest BCUT2D eigenvalue weighted by Gasteiger charge is 2.07. The van der Waals surface area contributed by atoms with E-state index >= 15 is 0 Å². The van der Waals surface area contributed by atoms with E-state index < -0.39 is 0 Å². The summed E-state index contributed by atoms with van der Waals surface area (Å²) in [5.41, 5.74) is 2.13. The van der Waals surface area contributed by atoms with E-state index in [1.165, 1.54) is 24.3 Å². The van der Waals surface area contributed by atoms with E-state index in [9.17, 15) is 19.8 Å². The molecule has 0 bridgehead atoms. The van der Waals surface area contributed by atoms with Crippen LogP contribution in [0.4, 0.5) is 0 Å². The minimum Gasteiger partial charge on any atom is -0.507 e. The van der Waals surface area contributed by atoms with Gasteiger partial charge < -0.3 is 10.2 Å². The molecule has 0 aliphatic rings. The molecule has 0 aliphatic carbocycles. The lowest BCUT2D eigenvalue weighted by atomic mass is 10.1. The largest absolute Gasteiger partial charge is 0.507 e. The molecule has 3 aromatic rings. The summed E-state index contributed by atoms with van der Waals surface area (Å²) in [7, 11) is 0. The van der Waals surface area contributed by atoms with Crippen LogP contribution in [0.25, 0.3) is 12.2 Å².